The van der Waals surface area contributed by atoms with Crippen molar-refractivity contribution in [3.63, 3.8) is 0 Å². The molecule has 0 bridgehead atoms. The molecule has 30 heavy (non-hydrogen) atoms. The monoisotopic (exact) mass is 422 g/mol. The van der Waals surface area contributed by atoms with Crippen LogP contribution in [0.15, 0.2) is 60.0 Å². The summed E-state index contributed by atoms with van der Waals surface area (Å²) in [5.41, 5.74) is 3.68. The Morgan fingerprint density at radius 1 is 1.10 bits per heavy atom. The van der Waals surface area contributed by atoms with Crippen LogP contribution in [-0.2, 0) is 13.0 Å². The van der Waals surface area contributed by atoms with Gasteiger partial charge in [-0.15, -0.1) is 11.3 Å². The number of rotatable bonds is 7. The van der Waals surface area contributed by atoms with Crippen LogP contribution in [0.25, 0.3) is 0 Å². The third-order valence-electron chi connectivity index (χ3n) is 5.54. The molecule has 6 heteroatoms. The highest BCUT2D eigenvalue weighted by Crippen LogP contribution is 2.38. The first kappa shape index (κ1) is 20.4. The molecule has 0 fully saturated rings. The van der Waals surface area contributed by atoms with Crippen molar-refractivity contribution in [1.29, 1.82) is 0 Å². The molecule has 156 valence electrons. The number of hydrogen-bond acceptors (Lipinski definition) is 5. The summed E-state index contributed by atoms with van der Waals surface area (Å²) in [7, 11) is 3.32. The average molecular weight is 423 g/mol. The van der Waals surface area contributed by atoms with E-state index in [4.69, 9.17) is 9.47 Å². The van der Waals surface area contributed by atoms with E-state index in [9.17, 15) is 4.79 Å². The van der Waals surface area contributed by atoms with Crippen molar-refractivity contribution < 1.29 is 14.3 Å². The highest BCUT2D eigenvalue weighted by molar-refractivity contribution is 7.12. The van der Waals surface area contributed by atoms with Gasteiger partial charge in [0.1, 0.15) is 0 Å². The van der Waals surface area contributed by atoms with E-state index < -0.39 is 0 Å². The van der Waals surface area contributed by atoms with Gasteiger partial charge in [-0.2, -0.15) is 0 Å². The molecule has 0 spiro atoms. The molecule has 1 aromatic heterocycles. The van der Waals surface area contributed by atoms with E-state index in [2.05, 4.69) is 46.6 Å². The molecule has 0 saturated heterocycles. The number of nitrogens with one attached hydrogen (secondary N) is 1. The first-order valence-corrected chi connectivity index (χ1v) is 10.9. The Kier molecular flexibility index (Phi) is 6.35. The lowest BCUT2D eigenvalue weighted by molar-refractivity contribution is 0.0930. The molecular formula is C24H26N2O3S. The van der Waals surface area contributed by atoms with Gasteiger partial charge in [0.25, 0.3) is 5.91 Å². The van der Waals surface area contributed by atoms with Crippen molar-refractivity contribution in [3.05, 3.63) is 81.5 Å². The van der Waals surface area contributed by atoms with Gasteiger partial charge in [-0.05, 0) is 46.7 Å². The first-order chi connectivity index (χ1) is 14.7. The topological polar surface area (TPSA) is 50.8 Å². The number of benzene rings is 2. The second kappa shape index (κ2) is 9.32. The van der Waals surface area contributed by atoms with Crippen LogP contribution in [0.5, 0.6) is 11.5 Å². The SMILES string of the molecule is COc1cc2c(cc1OC)[C@H](CNC(=O)c1cccs1)N(Cc1ccccc1)CC2. The maximum Gasteiger partial charge on any atom is 0.261 e. The van der Waals surface area contributed by atoms with Gasteiger partial charge in [0.15, 0.2) is 11.5 Å². The summed E-state index contributed by atoms with van der Waals surface area (Å²) in [5, 5.41) is 5.06. The van der Waals surface area contributed by atoms with Crippen LogP contribution in [0.2, 0.25) is 0 Å². The van der Waals surface area contributed by atoms with Crippen LogP contribution in [-0.4, -0.2) is 38.1 Å². The molecule has 1 aliphatic heterocycles. The largest absolute Gasteiger partial charge is 0.493 e. The predicted molar refractivity (Wildman–Crippen MR) is 119 cm³/mol. The van der Waals surface area contributed by atoms with Crippen molar-refractivity contribution in [2.75, 3.05) is 27.3 Å². The third kappa shape index (κ3) is 4.35. The van der Waals surface area contributed by atoms with Gasteiger partial charge in [-0.25, -0.2) is 0 Å². The minimum atomic E-state index is -0.0303. The van der Waals surface area contributed by atoms with Crippen LogP contribution in [0.1, 0.15) is 32.4 Å². The fraction of sp³-hybridized carbons (Fsp3) is 0.292. The Bertz CT molecular complexity index is 989. The number of thiophene rings is 1. The second-order valence-corrected chi connectivity index (χ2v) is 8.26. The number of methoxy groups -OCH3 is 2. The molecule has 1 atom stereocenters. The lowest BCUT2D eigenvalue weighted by Crippen LogP contribution is -2.41. The molecule has 2 heterocycles. The molecule has 0 radical (unpaired) electrons. The lowest BCUT2D eigenvalue weighted by Gasteiger charge is -2.38. The number of carbonyl (C=O) groups excluding carboxylic acids is 1. The number of amides is 1. The zero-order chi connectivity index (χ0) is 20.9. The van der Waals surface area contributed by atoms with E-state index in [1.807, 2.05) is 23.6 Å². The molecule has 0 unspecified atom stereocenters. The molecule has 2 aromatic carbocycles. The molecule has 1 aliphatic rings. The summed E-state index contributed by atoms with van der Waals surface area (Å²) in [6.45, 7) is 2.27. The second-order valence-electron chi connectivity index (χ2n) is 7.32. The van der Waals surface area contributed by atoms with Crippen LogP contribution < -0.4 is 14.8 Å². The van der Waals surface area contributed by atoms with Crippen LogP contribution in [0.4, 0.5) is 0 Å². The molecule has 1 amide bonds. The molecular weight excluding hydrogens is 396 g/mol. The van der Waals surface area contributed by atoms with Gasteiger partial charge < -0.3 is 14.8 Å². The van der Waals surface area contributed by atoms with E-state index in [-0.39, 0.29) is 11.9 Å². The average Bonchev–Trinajstić information content (AvgIpc) is 3.33. The summed E-state index contributed by atoms with van der Waals surface area (Å²) in [6.07, 6.45) is 0.928. The van der Waals surface area contributed by atoms with Crippen molar-refractivity contribution in [1.82, 2.24) is 10.2 Å². The van der Waals surface area contributed by atoms with Crippen molar-refractivity contribution in [3.8, 4) is 11.5 Å². The van der Waals surface area contributed by atoms with Crippen molar-refractivity contribution in [2.24, 2.45) is 0 Å². The molecule has 0 saturated carbocycles. The van der Waals surface area contributed by atoms with Gasteiger partial charge >= 0.3 is 0 Å². The predicted octanol–water partition coefficient (Wildman–Crippen LogP) is 4.29. The van der Waals surface area contributed by atoms with E-state index >= 15 is 0 Å². The van der Waals surface area contributed by atoms with Gasteiger partial charge in [0, 0.05) is 19.6 Å². The van der Waals surface area contributed by atoms with Gasteiger partial charge in [0.05, 0.1) is 25.1 Å². The summed E-state index contributed by atoms with van der Waals surface area (Å²) in [5.74, 6) is 1.43. The highest BCUT2D eigenvalue weighted by atomic mass is 32.1. The quantitative estimate of drug-likeness (QED) is 0.617. The molecule has 4 rings (SSSR count). The van der Waals surface area contributed by atoms with E-state index in [0.717, 1.165) is 30.1 Å². The normalized spacial score (nSPS) is 16.0. The Balaban J connectivity index is 1.63. The standard InChI is InChI=1S/C24H26N2O3S/c1-28-21-13-18-10-11-26(16-17-7-4-3-5-8-17)20(19(18)14-22(21)29-2)15-25-24(27)23-9-6-12-30-23/h3-9,12-14,20H,10-11,15-16H2,1-2H3,(H,25,27)/t20-/m0/s1. The third-order valence-corrected chi connectivity index (χ3v) is 6.41. The Labute approximate surface area is 181 Å². The zero-order valence-electron chi connectivity index (χ0n) is 17.3. The molecule has 0 aliphatic carbocycles. The summed E-state index contributed by atoms with van der Waals surface area (Å²) >= 11 is 1.46. The first-order valence-electron chi connectivity index (χ1n) is 10.0. The van der Waals surface area contributed by atoms with Crippen molar-refractivity contribution in [2.45, 2.75) is 19.0 Å². The molecule has 3 aromatic rings. The maximum absolute atomic E-state index is 12.6. The number of fused-ring (bicyclic) bond motifs is 1. The van der Waals surface area contributed by atoms with Crippen molar-refractivity contribution >= 4 is 17.2 Å². The van der Waals surface area contributed by atoms with Gasteiger partial charge in [-0.1, -0.05) is 36.4 Å². The minimum absolute atomic E-state index is 0.0303. The van der Waals surface area contributed by atoms with E-state index in [1.54, 1.807) is 14.2 Å². The Morgan fingerprint density at radius 3 is 2.57 bits per heavy atom. The number of hydrogen-bond donors (Lipinski definition) is 1. The summed E-state index contributed by atoms with van der Waals surface area (Å²) in [4.78, 5) is 15.7. The fourth-order valence-electron chi connectivity index (χ4n) is 4.01. The molecule has 1 N–H and O–H groups in total. The lowest BCUT2D eigenvalue weighted by atomic mass is 9.91. The minimum Gasteiger partial charge on any atom is -0.493 e. The number of nitrogens with zero attached hydrogens (tertiary/aromatic N) is 1. The summed E-state index contributed by atoms with van der Waals surface area (Å²) in [6, 6.07) is 18.4. The zero-order valence-corrected chi connectivity index (χ0v) is 18.1. The van der Waals surface area contributed by atoms with Crippen LogP contribution in [0, 0.1) is 0 Å². The Morgan fingerprint density at radius 2 is 1.87 bits per heavy atom. The number of carbonyl (C=O) groups is 1. The fourth-order valence-corrected chi connectivity index (χ4v) is 4.65. The van der Waals surface area contributed by atoms with E-state index in [0.29, 0.717) is 12.3 Å². The van der Waals surface area contributed by atoms with Crippen LogP contribution in [0.3, 0.4) is 0 Å². The number of ether oxygens (including phenoxy) is 2. The smallest absolute Gasteiger partial charge is 0.261 e. The van der Waals surface area contributed by atoms with Gasteiger partial charge in [-0.3, -0.25) is 9.69 Å². The van der Waals surface area contributed by atoms with Gasteiger partial charge in [0.2, 0.25) is 0 Å². The maximum atomic E-state index is 12.6. The highest BCUT2D eigenvalue weighted by Gasteiger charge is 2.29. The van der Waals surface area contributed by atoms with E-state index in [1.165, 1.54) is 28.0 Å². The van der Waals surface area contributed by atoms with Crippen LogP contribution >= 0.6 is 11.3 Å². The summed E-state index contributed by atoms with van der Waals surface area (Å²) < 4.78 is 11.1. The Hall–Kier alpha value is -2.83. The molecule has 5 nitrogen and oxygen atoms in total.